The van der Waals surface area contributed by atoms with Gasteiger partial charge < -0.3 is 14.7 Å². The van der Waals surface area contributed by atoms with E-state index in [0.717, 1.165) is 11.3 Å². The predicted octanol–water partition coefficient (Wildman–Crippen LogP) is 3.38. The summed E-state index contributed by atoms with van der Waals surface area (Å²) >= 11 is 0. The molecule has 1 aliphatic carbocycles. The monoisotopic (exact) mass is 277 g/mol. The first kappa shape index (κ1) is 15.3. The summed E-state index contributed by atoms with van der Waals surface area (Å²) in [6.45, 7) is 3.27. The molecule has 20 heavy (non-hydrogen) atoms. The Balaban J connectivity index is 1.98. The summed E-state index contributed by atoms with van der Waals surface area (Å²) in [4.78, 5) is 2.31. The SMILES string of the molecule is CCOc1ccccc1C(O)CN(C)C1CCCCC1. The number of rotatable bonds is 6. The van der Waals surface area contributed by atoms with Gasteiger partial charge in [-0.2, -0.15) is 0 Å². The molecular weight excluding hydrogens is 250 g/mol. The maximum Gasteiger partial charge on any atom is 0.125 e. The standard InChI is InChI=1S/C17H27NO2/c1-3-20-17-12-8-7-11-15(17)16(19)13-18(2)14-9-5-4-6-10-14/h7-8,11-12,14,16,19H,3-6,9-10,13H2,1-2H3. The van der Waals surface area contributed by atoms with Crippen molar-refractivity contribution in [2.75, 3.05) is 20.2 Å². The Hall–Kier alpha value is -1.06. The van der Waals surface area contributed by atoms with E-state index < -0.39 is 6.10 Å². The number of aliphatic hydroxyl groups excluding tert-OH is 1. The van der Waals surface area contributed by atoms with E-state index >= 15 is 0 Å². The van der Waals surface area contributed by atoms with E-state index in [4.69, 9.17) is 4.74 Å². The second-order valence-electron chi connectivity index (χ2n) is 5.72. The molecule has 0 amide bonds. The third-order valence-corrected chi connectivity index (χ3v) is 4.24. The van der Waals surface area contributed by atoms with E-state index in [-0.39, 0.29) is 0 Å². The highest BCUT2D eigenvalue weighted by Gasteiger charge is 2.22. The molecule has 1 saturated carbocycles. The van der Waals surface area contributed by atoms with Crippen LogP contribution in [-0.4, -0.2) is 36.2 Å². The van der Waals surface area contributed by atoms with Gasteiger partial charge in [0.15, 0.2) is 0 Å². The Morgan fingerprint density at radius 1 is 1.25 bits per heavy atom. The molecule has 0 spiro atoms. The van der Waals surface area contributed by atoms with Crippen LogP contribution in [0.4, 0.5) is 0 Å². The molecule has 2 rings (SSSR count). The van der Waals surface area contributed by atoms with Crippen molar-refractivity contribution >= 4 is 0 Å². The molecule has 0 heterocycles. The molecule has 1 aromatic rings. The van der Waals surface area contributed by atoms with Gasteiger partial charge in [0.1, 0.15) is 5.75 Å². The van der Waals surface area contributed by atoms with Crippen LogP contribution in [0.25, 0.3) is 0 Å². The average Bonchev–Trinajstić information content (AvgIpc) is 2.49. The first-order valence-electron chi connectivity index (χ1n) is 7.82. The lowest BCUT2D eigenvalue weighted by Crippen LogP contribution is -2.36. The number of aliphatic hydroxyl groups is 1. The van der Waals surface area contributed by atoms with Gasteiger partial charge in [-0.05, 0) is 32.9 Å². The molecule has 0 aromatic heterocycles. The van der Waals surface area contributed by atoms with Gasteiger partial charge in [-0.3, -0.25) is 0 Å². The molecular formula is C17H27NO2. The number of ether oxygens (including phenoxy) is 1. The molecule has 1 aromatic carbocycles. The number of hydrogen-bond donors (Lipinski definition) is 1. The quantitative estimate of drug-likeness (QED) is 0.865. The van der Waals surface area contributed by atoms with E-state index in [0.29, 0.717) is 19.2 Å². The van der Waals surface area contributed by atoms with Gasteiger partial charge in [-0.1, -0.05) is 37.5 Å². The van der Waals surface area contributed by atoms with E-state index in [9.17, 15) is 5.11 Å². The van der Waals surface area contributed by atoms with Crippen LogP contribution in [0, 0.1) is 0 Å². The normalized spacial score (nSPS) is 18.2. The molecule has 1 aliphatic rings. The zero-order valence-electron chi connectivity index (χ0n) is 12.7. The lowest BCUT2D eigenvalue weighted by atomic mass is 9.94. The van der Waals surface area contributed by atoms with Crippen molar-refractivity contribution in [3.63, 3.8) is 0 Å². The Morgan fingerprint density at radius 3 is 2.65 bits per heavy atom. The van der Waals surface area contributed by atoms with Crippen molar-refractivity contribution in [3.8, 4) is 5.75 Å². The van der Waals surface area contributed by atoms with Gasteiger partial charge in [0.05, 0.1) is 12.7 Å². The van der Waals surface area contributed by atoms with E-state index in [2.05, 4.69) is 11.9 Å². The van der Waals surface area contributed by atoms with Crippen molar-refractivity contribution in [2.24, 2.45) is 0 Å². The highest BCUT2D eigenvalue weighted by atomic mass is 16.5. The molecule has 112 valence electrons. The van der Waals surface area contributed by atoms with E-state index in [1.165, 1.54) is 32.1 Å². The van der Waals surface area contributed by atoms with Gasteiger partial charge in [0, 0.05) is 18.2 Å². The van der Waals surface area contributed by atoms with Gasteiger partial charge in [0.2, 0.25) is 0 Å². The molecule has 1 unspecified atom stereocenters. The van der Waals surface area contributed by atoms with Gasteiger partial charge in [-0.15, -0.1) is 0 Å². The molecule has 3 nitrogen and oxygen atoms in total. The Bertz CT molecular complexity index is 402. The lowest BCUT2D eigenvalue weighted by molar-refractivity contribution is 0.0892. The molecule has 1 N–H and O–H groups in total. The zero-order valence-corrected chi connectivity index (χ0v) is 12.7. The summed E-state index contributed by atoms with van der Waals surface area (Å²) < 4.78 is 5.61. The third kappa shape index (κ3) is 3.97. The minimum Gasteiger partial charge on any atom is -0.493 e. The Kier molecular flexibility index (Phi) is 5.86. The van der Waals surface area contributed by atoms with Crippen molar-refractivity contribution in [3.05, 3.63) is 29.8 Å². The van der Waals surface area contributed by atoms with Crippen LogP contribution in [-0.2, 0) is 0 Å². The molecule has 3 heteroatoms. The summed E-state index contributed by atoms with van der Waals surface area (Å²) in [7, 11) is 2.13. The van der Waals surface area contributed by atoms with Crippen molar-refractivity contribution < 1.29 is 9.84 Å². The summed E-state index contributed by atoms with van der Waals surface area (Å²) in [6, 6.07) is 8.43. The Morgan fingerprint density at radius 2 is 1.95 bits per heavy atom. The first-order chi connectivity index (χ1) is 9.72. The number of nitrogens with zero attached hydrogens (tertiary/aromatic N) is 1. The summed E-state index contributed by atoms with van der Waals surface area (Å²) in [6.07, 6.45) is 6.04. The molecule has 1 atom stereocenters. The molecule has 1 fully saturated rings. The van der Waals surface area contributed by atoms with Gasteiger partial charge in [-0.25, -0.2) is 0 Å². The number of hydrogen-bond acceptors (Lipinski definition) is 3. The minimum atomic E-state index is -0.482. The van der Waals surface area contributed by atoms with Crippen LogP contribution >= 0.6 is 0 Å². The fourth-order valence-corrected chi connectivity index (χ4v) is 3.08. The molecule has 0 bridgehead atoms. The molecule has 0 aliphatic heterocycles. The Labute approximate surface area is 122 Å². The summed E-state index contributed by atoms with van der Waals surface area (Å²) in [5.74, 6) is 0.805. The van der Waals surface area contributed by atoms with Crippen LogP contribution in [0.2, 0.25) is 0 Å². The summed E-state index contributed by atoms with van der Waals surface area (Å²) in [5, 5.41) is 10.5. The highest BCUT2D eigenvalue weighted by molar-refractivity contribution is 5.35. The number of benzene rings is 1. The predicted molar refractivity (Wildman–Crippen MR) is 82.1 cm³/mol. The van der Waals surface area contributed by atoms with E-state index in [1.54, 1.807) is 0 Å². The second-order valence-corrected chi connectivity index (χ2v) is 5.72. The van der Waals surface area contributed by atoms with Crippen LogP contribution in [0.5, 0.6) is 5.75 Å². The molecule has 0 saturated heterocycles. The molecule has 0 radical (unpaired) electrons. The summed E-state index contributed by atoms with van der Waals surface area (Å²) in [5.41, 5.74) is 0.900. The zero-order chi connectivity index (χ0) is 14.4. The largest absolute Gasteiger partial charge is 0.493 e. The van der Waals surface area contributed by atoms with Crippen LogP contribution in [0.15, 0.2) is 24.3 Å². The van der Waals surface area contributed by atoms with Crippen molar-refractivity contribution in [2.45, 2.75) is 51.2 Å². The van der Waals surface area contributed by atoms with E-state index in [1.807, 2.05) is 31.2 Å². The minimum absolute atomic E-state index is 0.482. The lowest BCUT2D eigenvalue weighted by Gasteiger charge is -2.32. The van der Waals surface area contributed by atoms with Crippen LogP contribution in [0.1, 0.15) is 50.7 Å². The number of para-hydroxylation sites is 1. The van der Waals surface area contributed by atoms with Gasteiger partial charge in [0.25, 0.3) is 0 Å². The topological polar surface area (TPSA) is 32.7 Å². The number of likely N-dealkylation sites (N-methyl/N-ethyl adjacent to an activating group) is 1. The first-order valence-corrected chi connectivity index (χ1v) is 7.82. The van der Waals surface area contributed by atoms with Gasteiger partial charge >= 0.3 is 0 Å². The fraction of sp³-hybridized carbons (Fsp3) is 0.647. The fourth-order valence-electron chi connectivity index (χ4n) is 3.08. The van der Waals surface area contributed by atoms with Crippen LogP contribution in [0.3, 0.4) is 0 Å². The second kappa shape index (κ2) is 7.65. The maximum absolute atomic E-state index is 10.5. The smallest absolute Gasteiger partial charge is 0.125 e. The average molecular weight is 277 g/mol. The van der Waals surface area contributed by atoms with Crippen LogP contribution < -0.4 is 4.74 Å². The highest BCUT2D eigenvalue weighted by Crippen LogP contribution is 2.28. The van der Waals surface area contributed by atoms with Crippen molar-refractivity contribution in [1.82, 2.24) is 4.90 Å². The maximum atomic E-state index is 10.5. The van der Waals surface area contributed by atoms with Crippen molar-refractivity contribution in [1.29, 1.82) is 0 Å². The third-order valence-electron chi connectivity index (χ3n) is 4.24.